The van der Waals surface area contributed by atoms with Crippen LogP contribution in [-0.4, -0.2) is 37.7 Å². The fraction of sp³-hybridized carbons (Fsp3) is 0.591. The third kappa shape index (κ3) is 5.45. The summed E-state index contributed by atoms with van der Waals surface area (Å²) in [5, 5.41) is 11.5. The topological polar surface area (TPSA) is 88.3 Å². The van der Waals surface area contributed by atoms with Gasteiger partial charge in [0, 0.05) is 32.5 Å². The highest BCUT2D eigenvalue weighted by molar-refractivity contribution is 8.02. The molecule has 1 amide bonds. The van der Waals surface area contributed by atoms with E-state index in [1.54, 1.807) is 0 Å². The van der Waals surface area contributed by atoms with Crippen molar-refractivity contribution in [1.82, 2.24) is 4.98 Å². The van der Waals surface area contributed by atoms with Crippen molar-refractivity contribution in [2.24, 2.45) is 5.73 Å². The van der Waals surface area contributed by atoms with Gasteiger partial charge in [0.2, 0.25) is 0 Å². The van der Waals surface area contributed by atoms with Crippen molar-refractivity contribution in [3.05, 3.63) is 29.5 Å². The average molecular weight is 405 g/mol. The number of carbonyl (C=O) groups excluding carboxylic acids is 1. The molecule has 1 heterocycles. The highest BCUT2D eigenvalue weighted by Crippen LogP contribution is 2.56. The van der Waals surface area contributed by atoms with E-state index in [1.165, 1.54) is 18.4 Å². The normalized spacial score (nSPS) is 16.4. The molecule has 0 unspecified atom stereocenters. The molecular weight excluding hydrogens is 372 g/mol. The Morgan fingerprint density at radius 2 is 1.96 bits per heavy atom. The van der Waals surface area contributed by atoms with E-state index in [0.717, 1.165) is 23.0 Å². The standard InChI is InChI=1S/C22H32N2O3S/c1-20(2,3)28-22(8-9-22)11-16-15-10-14(27-13-19(23)25)6-7-17(15)24-18(16)12-21(4,5)26/h6-7,10,24,26H,8-9,11-13H2,1-5H3,(H2,23,25). The molecule has 1 aromatic heterocycles. The van der Waals surface area contributed by atoms with Gasteiger partial charge in [-0.3, -0.25) is 4.79 Å². The van der Waals surface area contributed by atoms with E-state index in [9.17, 15) is 9.90 Å². The van der Waals surface area contributed by atoms with Crippen molar-refractivity contribution in [3.63, 3.8) is 0 Å². The number of aliphatic hydroxyl groups is 1. The number of rotatable bonds is 8. The molecular formula is C22H32N2O3S. The van der Waals surface area contributed by atoms with Crippen LogP contribution in [0.4, 0.5) is 0 Å². The predicted molar refractivity (Wildman–Crippen MR) is 116 cm³/mol. The van der Waals surface area contributed by atoms with Crippen LogP contribution < -0.4 is 10.5 Å². The number of aromatic amines is 1. The molecule has 1 aliphatic carbocycles. The summed E-state index contributed by atoms with van der Waals surface area (Å²) in [4.78, 5) is 14.6. The molecule has 4 N–H and O–H groups in total. The van der Waals surface area contributed by atoms with Gasteiger partial charge in [-0.25, -0.2) is 0 Å². The fourth-order valence-corrected chi connectivity index (χ4v) is 5.56. The molecule has 2 aromatic rings. The second-order valence-corrected chi connectivity index (χ2v) is 11.9. The molecule has 28 heavy (non-hydrogen) atoms. The summed E-state index contributed by atoms with van der Waals surface area (Å²) in [5.41, 5.74) is 7.76. The first-order valence-corrected chi connectivity index (χ1v) is 10.6. The van der Waals surface area contributed by atoms with Crippen LogP contribution in [0.3, 0.4) is 0 Å². The molecule has 6 heteroatoms. The Hall–Kier alpha value is -1.66. The Bertz CT molecular complexity index is 870. The third-order valence-corrected chi connectivity index (χ3v) is 6.38. The number of benzene rings is 1. The molecule has 3 rings (SSSR count). The van der Waals surface area contributed by atoms with Crippen LogP contribution in [0.25, 0.3) is 10.9 Å². The highest BCUT2D eigenvalue weighted by Gasteiger charge is 2.46. The van der Waals surface area contributed by atoms with Gasteiger partial charge in [-0.2, -0.15) is 0 Å². The Kier molecular flexibility index (Phi) is 5.49. The number of amides is 1. The largest absolute Gasteiger partial charge is 0.484 e. The third-order valence-electron chi connectivity index (χ3n) is 4.79. The number of fused-ring (bicyclic) bond motifs is 1. The van der Waals surface area contributed by atoms with Crippen molar-refractivity contribution in [2.45, 2.75) is 75.4 Å². The molecule has 5 nitrogen and oxygen atoms in total. The second-order valence-electron chi connectivity index (χ2n) is 9.61. The lowest BCUT2D eigenvalue weighted by molar-refractivity contribution is -0.119. The lowest BCUT2D eigenvalue weighted by Gasteiger charge is -2.26. The summed E-state index contributed by atoms with van der Waals surface area (Å²) < 4.78 is 5.98. The maximum atomic E-state index is 11.1. The minimum atomic E-state index is -0.797. The van der Waals surface area contributed by atoms with Crippen LogP contribution in [0, 0.1) is 0 Å². The van der Waals surface area contributed by atoms with Gasteiger partial charge in [-0.05, 0) is 56.9 Å². The van der Waals surface area contributed by atoms with Crippen molar-refractivity contribution in [2.75, 3.05) is 6.61 Å². The molecule has 154 valence electrons. The van der Waals surface area contributed by atoms with Crippen LogP contribution in [0.2, 0.25) is 0 Å². The number of aromatic nitrogens is 1. The first-order valence-electron chi connectivity index (χ1n) is 9.83. The monoisotopic (exact) mass is 404 g/mol. The SMILES string of the molecule is CC(C)(O)Cc1[nH]c2ccc(OCC(N)=O)cc2c1CC1(SC(C)(C)C)CC1. The van der Waals surface area contributed by atoms with Gasteiger partial charge >= 0.3 is 0 Å². The van der Waals surface area contributed by atoms with Gasteiger partial charge < -0.3 is 20.6 Å². The molecule has 1 aliphatic rings. The minimum absolute atomic E-state index is 0.133. The number of ether oxygens (including phenoxy) is 1. The Labute approximate surface area is 171 Å². The van der Waals surface area contributed by atoms with E-state index in [-0.39, 0.29) is 16.1 Å². The summed E-state index contributed by atoms with van der Waals surface area (Å²) in [5.74, 6) is 0.144. The molecule has 0 radical (unpaired) electrons. The zero-order valence-corrected chi connectivity index (χ0v) is 18.3. The number of hydrogen-bond acceptors (Lipinski definition) is 4. The molecule has 1 saturated carbocycles. The molecule has 0 saturated heterocycles. The lowest BCUT2D eigenvalue weighted by Crippen LogP contribution is -2.24. The average Bonchev–Trinajstić information content (AvgIpc) is 3.19. The van der Waals surface area contributed by atoms with Crippen molar-refractivity contribution in [3.8, 4) is 5.75 Å². The predicted octanol–water partition coefficient (Wildman–Crippen LogP) is 3.95. The van der Waals surface area contributed by atoms with E-state index in [2.05, 4.69) is 37.5 Å². The second kappa shape index (κ2) is 7.30. The van der Waals surface area contributed by atoms with Crippen LogP contribution in [-0.2, 0) is 17.6 Å². The lowest BCUT2D eigenvalue weighted by atomic mass is 9.96. The number of nitrogens with one attached hydrogen (secondary N) is 1. The molecule has 0 atom stereocenters. The maximum Gasteiger partial charge on any atom is 0.255 e. The van der Waals surface area contributed by atoms with E-state index < -0.39 is 11.5 Å². The number of hydrogen-bond donors (Lipinski definition) is 3. The van der Waals surface area contributed by atoms with Crippen LogP contribution in [0.15, 0.2) is 18.2 Å². The van der Waals surface area contributed by atoms with E-state index in [0.29, 0.717) is 12.2 Å². The van der Waals surface area contributed by atoms with Crippen molar-refractivity contribution in [1.29, 1.82) is 0 Å². The first-order chi connectivity index (χ1) is 12.9. The molecule has 0 bridgehead atoms. The van der Waals surface area contributed by atoms with Crippen LogP contribution >= 0.6 is 11.8 Å². The number of nitrogens with two attached hydrogens (primary N) is 1. The number of H-pyrrole nitrogens is 1. The van der Waals surface area contributed by atoms with Gasteiger partial charge in [0.25, 0.3) is 5.91 Å². The first kappa shape index (κ1) is 21.1. The maximum absolute atomic E-state index is 11.1. The van der Waals surface area contributed by atoms with Crippen LogP contribution in [0.5, 0.6) is 5.75 Å². The van der Waals surface area contributed by atoms with Crippen molar-refractivity contribution >= 4 is 28.6 Å². The fourth-order valence-electron chi connectivity index (χ4n) is 3.74. The van der Waals surface area contributed by atoms with E-state index >= 15 is 0 Å². The van der Waals surface area contributed by atoms with E-state index in [4.69, 9.17) is 10.5 Å². The van der Waals surface area contributed by atoms with Crippen LogP contribution in [0.1, 0.15) is 58.7 Å². The quantitative estimate of drug-likeness (QED) is 0.621. The number of carbonyl (C=O) groups is 1. The molecule has 1 fully saturated rings. The summed E-state index contributed by atoms with van der Waals surface area (Å²) in [6.45, 7) is 10.3. The minimum Gasteiger partial charge on any atom is -0.484 e. The Morgan fingerprint density at radius 3 is 2.50 bits per heavy atom. The zero-order valence-electron chi connectivity index (χ0n) is 17.5. The molecule has 0 spiro atoms. The van der Waals surface area contributed by atoms with Gasteiger partial charge in [-0.1, -0.05) is 20.8 Å². The van der Waals surface area contributed by atoms with Crippen molar-refractivity contribution < 1.29 is 14.6 Å². The zero-order chi connectivity index (χ0) is 20.7. The highest BCUT2D eigenvalue weighted by atomic mass is 32.2. The van der Waals surface area contributed by atoms with Gasteiger partial charge in [0.05, 0.1) is 5.60 Å². The Morgan fingerprint density at radius 1 is 1.29 bits per heavy atom. The summed E-state index contributed by atoms with van der Waals surface area (Å²) in [6.07, 6.45) is 3.94. The van der Waals surface area contributed by atoms with Gasteiger partial charge in [0.1, 0.15) is 5.75 Å². The summed E-state index contributed by atoms with van der Waals surface area (Å²) in [7, 11) is 0. The molecule has 1 aromatic carbocycles. The number of thioether (sulfide) groups is 1. The Balaban J connectivity index is 1.99. The molecule has 0 aliphatic heterocycles. The summed E-state index contributed by atoms with van der Waals surface area (Å²) >= 11 is 2.05. The smallest absolute Gasteiger partial charge is 0.255 e. The van der Waals surface area contributed by atoms with E-state index in [1.807, 2.05) is 32.0 Å². The number of primary amides is 1. The van der Waals surface area contributed by atoms with Gasteiger partial charge in [-0.15, -0.1) is 11.8 Å². The summed E-state index contributed by atoms with van der Waals surface area (Å²) in [6, 6.07) is 5.80. The van der Waals surface area contributed by atoms with Gasteiger partial charge in [0.15, 0.2) is 6.61 Å².